The van der Waals surface area contributed by atoms with Crippen LogP contribution in [0.25, 0.3) is 11.4 Å². The van der Waals surface area contributed by atoms with E-state index < -0.39 is 12.0 Å². The molecule has 2 aromatic rings. The third-order valence-electron chi connectivity index (χ3n) is 3.75. The fourth-order valence-electron chi connectivity index (χ4n) is 2.74. The predicted molar refractivity (Wildman–Crippen MR) is 82.9 cm³/mol. The van der Waals surface area contributed by atoms with E-state index in [1.165, 1.54) is 0 Å². The molecule has 6 heteroatoms. The molecular formula is C15H16BrN3O2. The normalized spacial score (nSPS) is 17.0. The molecule has 0 bridgehead atoms. The second-order valence-corrected chi connectivity index (χ2v) is 5.89. The molecule has 1 unspecified atom stereocenters. The maximum atomic E-state index is 11.7. The van der Waals surface area contributed by atoms with Gasteiger partial charge in [0.15, 0.2) is 6.04 Å². The molecule has 1 saturated heterocycles. The van der Waals surface area contributed by atoms with Crippen molar-refractivity contribution in [1.29, 1.82) is 0 Å². The number of nitrogens with one attached hydrogen (secondary N) is 1. The van der Waals surface area contributed by atoms with E-state index in [9.17, 15) is 9.90 Å². The van der Waals surface area contributed by atoms with Crippen LogP contribution in [0.3, 0.4) is 0 Å². The number of imidazole rings is 1. The van der Waals surface area contributed by atoms with Crippen molar-refractivity contribution in [2.75, 3.05) is 13.1 Å². The number of halogens is 1. The highest BCUT2D eigenvalue weighted by Crippen LogP contribution is 2.31. The molecule has 2 N–H and O–H groups in total. The fraction of sp³-hybridized carbons (Fsp3) is 0.333. The van der Waals surface area contributed by atoms with Gasteiger partial charge >= 0.3 is 5.97 Å². The highest BCUT2D eigenvalue weighted by atomic mass is 79.9. The standard InChI is InChI=1S/C15H16BrN3O2/c16-13-11(12(15(20)21)19-8-4-5-9-19)17-14(18-13)10-6-2-1-3-7-10/h1-3,6-7,12H,4-5,8-9H2,(H,17,18)(H,20,21). The number of nitrogens with zero attached hydrogens (tertiary/aromatic N) is 2. The molecule has 2 heterocycles. The van der Waals surface area contributed by atoms with Crippen molar-refractivity contribution in [1.82, 2.24) is 14.9 Å². The van der Waals surface area contributed by atoms with Crippen LogP contribution >= 0.6 is 15.9 Å². The Labute approximate surface area is 131 Å². The molecule has 110 valence electrons. The van der Waals surface area contributed by atoms with Gasteiger partial charge in [0, 0.05) is 5.56 Å². The molecule has 3 rings (SSSR count). The first kappa shape index (κ1) is 14.3. The molecule has 1 aliphatic rings. The summed E-state index contributed by atoms with van der Waals surface area (Å²) in [5.74, 6) is -0.163. The number of carboxylic acids is 1. The van der Waals surface area contributed by atoms with E-state index >= 15 is 0 Å². The highest BCUT2D eigenvalue weighted by Gasteiger charge is 2.33. The van der Waals surface area contributed by atoms with Crippen LogP contribution in [0.15, 0.2) is 34.9 Å². The first-order valence-corrected chi connectivity index (χ1v) is 7.74. The van der Waals surface area contributed by atoms with Crippen LogP contribution in [-0.4, -0.2) is 39.0 Å². The first-order valence-electron chi connectivity index (χ1n) is 6.94. The Hall–Kier alpha value is -1.66. The second kappa shape index (κ2) is 5.99. The minimum absolute atomic E-state index is 0.570. The average molecular weight is 350 g/mol. The number of benzene rings is 1. The number of H-pyrrole nitrogens is 1. The largest absolute Gasteiger partial charge is 0.480 e. The summed E-state index contributed by atoms with van der Waals surface area (Å²) in [6.07, 6.45) is 2.09. The SMILES string of the molecule is O=C(O)C(c1[nH]c(-c2ccccc2)nc1Br)N1CCCC1. The van der Waals surface area contributed by atoms with Crippen LogP contribution in [0.1, 0.15) is 24.6 Å². The van der Waals surface area contributed by atoms with Gasteiger partial charge in [-0.25, -0.2) is 4.98 Å². The number of aromatic nitrogens is 2. The van der Waals surface area contributed by atoms with Gasteiger partial charge in [0.2, 0.25) is 0 Å². The van der Waals surface area contributed by atoms with Gasteiger partial charge in [0.1, 0.15) is 10.4 Å². The Bertz CT molecular complexity index is 636. The number of carboxylic acid groups (broad SMARTS) is 1. The first-order chi connectivity index (χ1) is 10.2. The lowest BCUT2D eigenvalue weighted by Gasteiger charge is -2.22. The van der Waals surface area contributed by atoms with E-state index in [1.807, 2.05) is 35.2 Å². The van der Waals surface area contributed by atoms with Crippen LogP contribution in [-0.2, 0) is 4.79 Å². The molecule has 0 amide bonds. The Kier molecular flexibility index (Phi) is 4.07. The molecule has 5 nitrogen and oxygen atoms in total. The molecule has 0 saturated carbocycles. The van der Waals surface area contributed by atoms with Gasteiger partial charge in [0.05, 0.1) is 5.69 Å². The summed E-state index contributed by atoms with van der Waals surface area (Å²) in [5.41, 5.74) is 1.55. The van der Waals surface area contributed by atoms with E-state index in [-0.39, 0.29) is 0 Å². The Balaban J connectivity index is 1.97. The summed E-state index contributed by atoms with van der Waals surface area (Å²) in [5, 5.41) is 9.58. The van der Waals surface area contributed by atoms with Crippen molar-refractivity contribution in [2.24, 2.45) is 0 Å². The average Bonchev–Trinajstić information content (AvgIpc) is 3.11. The van der Waals surface area contributed by atoms with Crippen molar-refractivity contribution >= 4 is 21.9 Å². The molecule has 21 heavy (non-hydrogen) atoms. The van der Waals surface area contributed by atoms with Gasteiger partial charge in [-0.15, -0.1) is 0 Å². The van der Waals surface area contributed by atoms with Crippen molar-refractivity contribution in [3.63, 3.8) is 0 Å². The third-order valence-corrected chi connectivity index (χ3v) is 4.35. The number of carbonyl (C=O) groups is 1. The lowest BCUT2D eigenvalue weighted by molar-refractivity contribution is -0.143. The number of rotatable bonds is 4. The monoisotopic (exact) mass is 349 g/mol. The van der Waals surface area contributed by atoms with Gasteiger partial charge in [-0.2, -0.15) is 0 Å². The third kappa shape index (κ3) is 2.87. The summed E-state index contributed by atoms with van der Waals surface area (Å²) in [6, 6.07) is 9.02. The predicted octanol–water partition coefficient (Wildman–Crippen LogP) is 3.06. The quantitative estimate of drug-likeness (QED) is 0.889. The highest BCUT2D eigenvalue weighted by molar-refractivity contribution is 9.10. The zero-order valence-corrected chi connectivity index (χ0v) is 13.0. The van der Waals surface area contributed by atoms with Crippen molar-refractivity contribution in [3.8, 4) is 11.4 Å². The summed E-state index contributed by atoms with van der Waals surface area (Å²) < 4.78 is 0.570. The zero-order valence-electron chi connectivity index (χ0n) is 11.4. The lowest BCUT2D eigenvalue weighted by atomic mass is 10.2. The fourth-order valence-corrected chi connectivity index (χ4v) is 3.23. The molecule has 1 aliphatic heterocycles. The van der Waals surface area contributed by atoms with Crippen molar-refractivity contribution in [3.05, 3.63) is 40.6 Å². The molecular weight excluding hydrogens is 334 g/mol. The molecule has 1 aromatic heterocycles. The molecule has 0 aliphatic carbocycles. The Morgan fingerprint density at radius 3 is 2.57 bits per heavy atom. The van der Waals surface area contributed by atoms with E-state index in [0.29, 0.717) is 16.1 Å². The van der Waals surface area contributed by atoms with Crippen LogP contribution < -0.4 is 0 Å². The summed E-state index contributed by atoms with van der Waals surface area (Å²) in [4.78, 5) is 21.3. The maximum absolute atomic E-state index is 11.7. The minimum atomic E-state index is -0.846. The topological polar surface area (TPSA) is 69.2 Å². The Morgan fingerprint density at radius 2 is 1.95 bits per heavy atom. The van der Waals surface area contributed by atoms with E-state index in [0.717, 1.165) is 31.5 Å². The van der Waals surface area contributed by atoms with Gasteiger partial charge < -0.3 is 10.1 Å². The minimum Gasteiger partial charge on any atom is -0.480 e. The van der Waals surface area contributed by atoms with E-state index in [4.69, 9.17) is 0 Å². The number of hydrogen-bond acceptors (Lipinski definition) is 3. The summed E-state index contributed by atoms with van der Waals surface area (Å²) in [7, 11) is 0. The van der Waals surface area contributed by atoms with Gasteiger partial charge in [-0.1, -0.05) is 30.3 Å². The van der Waals surface area contributed by atoms with Crippen LogP contribution in [0.4, 0.5) is 0 Å². The number of aromatic amines is 1. The Morgan fingerprint density at radius 1 is 1.29 bits per heavy atom. The number of hydrogen-bond donors (Lipinski definition) is 2. The van der Waals surface area contributed by atoms with Gasteiger partial charge in [-0.05, 0) is 41.9 Å². The number of aliphatic carboxylic acids is 1. The molecule has 1 atom stereocenters. The van der Waals surface area contributed by atoms with Crippen LogP contribution in [0.5, 0.6) is 0 Å². The van der Waals surface area contributed by atoms with Gasteiger partial charge in [0.25, 0.3) is 0 Å². The van der Waals surface area contributed by atoms with Crippen molar-refractivity contribution in [2.45, 2.75) is 18.9 Å². The van der Waals surface area contributed by atoms with E-state index in [1.54, 1.807) is 0 Å². The summed E-state index contributed by atoms with van der Waals surface area (Å²) in [6.45, 7) is 1.62. The summed E-state index contributed by atoms with van der Waals surface area (Å²) >= 11 is 3.40. The van der Waals surface area contributed by atoms with Crippen molar-refractivity contribution < 1.29 is 9.90 Å². The molecule has 0 spiro atoms. The van der Waals surface area contributed by atoms with Crippen LogP contribution in [0.2, 0.25) is 0 Å². The lowest BCUT2D eigenvalue weighted by Crippen LogP contribution is -2.32. The smallest absolute Gasteiger partial charge is 0.327 e. The molecule has 1 aromatic carbocycles. The second-order valence-electron chi connectivity index (χ2n) is 5.14. The van der Waals surface area contributed by atoms with E-state index in [2.05, 4.69) is 25.9 Å². The van der Waals surface area contributed by atoms with Crippen LogP contribution in [0, 0.1) is 0 Å². The molecule has 0 radical (unpaired) electrons. The number of likely N-dealkylation sites (tertiary alicyclic amines) is 1. The zero-order chi connectivity index (χ0) is 14.8. The van der Waals surface area contributed by atoms with Gasteiger partial charge in [-0.3, -0.25) is 9.69 Å². The maximum Gasteiger partial charge on any atom is 0.327 e. The molecule has 1 fully saturated rings.